The Kier molecular flexibility index (Phi) is 5.26. The fourth-order valence-electron chi connectivity index (χ4n) is 4.07. The van der Waals surface area contributed by atoms with Crippen molar-refractivity contribution in [1.29, 1.82) is 0 Å². The zero-order chi connectivity index (χ0) is 19.7. The van der Waals surface area contributed by atoms with Gasteiger partial charge in [-0.1, -0.05) is 18.2 Å². The Morgan fingerprint density at radius 1 is 1.18 bits per heavy atom. The van der Waals surface area contributed by atoms with Crippen LogP contribution in [-0.4, -0.2) is 71.2 Å². The molecule has 0 spiro atoms. The number of nitrogens with one attached hydrogen (secondary N) is 2. The molecular formula is C21H28N4O3. The van der Waals surface area contributed by atoms with Gasteiger partial charge in [0, 0.05) is 49.3 Å². The van der Waals surface area contributed by atoms with Crippen LogP contribution in [0, 0.1) is 0 Å². The van der Waals surface area contributed by atoms with E-state index in [9.17, 15) is 9.59 Å². The number of ether oxygens (including phenoxy) is 1. The Bertz CT molecular complexity index is 817. The number of carbonyl (C=O) groups is 2. The van der Waals surface area contributed by atoms with Crippen LogP contribution < -0.4 is 5.32 Å². The number of hydrogen-bond acceptors (Lipinski definition) is 3. The quantitative estimate of drug-likeness (QED) is 0.851. The van der Waals surface area contributed by atoms with Crippen molar-refractivity contribution in [1.82, 2.24) is 20.1 Å². The van der Waals surface area contributed by atoms with Crippen molar-refractivity contribution in [2.45, 2.75) is 44.8 Å². The largest absolute Gasteiger partial charge is 0.381 e. The summed E-state index contributed by atoms with van der Waals surface area (Å²) in [6, 6.07) is 10.0. The molecule has 3 heterocycles. The minimum atomic E-state index is -0.0374. The third kappa shape index (κ3) is 3.71. The van der Waals surface area contributed by atoms with Crippen molar-refractivity contribution in [2.24, 2.45) is 0 Å². The number of aromatic amines is 1. The lowest BCUT2D eigenvalue weighted by molar-refractivity contribution is -0.00536. The van der Waals surface area contributed by atoms with Gasteiger partial charge in [0.05, 0.1) is 6.04 Å². The summed E-state index contributed by atoms with van der Waals surface area (Å²) < 4.78 is 5.46. The minimum absolute atomic E-state index is 0.0105. The number of fused-ring (bicyclic) bond motifs is 1. The van der Waals surface area contributed by atoms with Crippen molar-refractivity contribution in [3.63, 3.8) is 0 Å². The maximum absolute atomic E-state index is 12.8. The summed E-state index contributed by atoms with van der Waals surface area (Å²) in [6.07, 6.45) is 1.69. The Hall–Kier alpha value is -2.54. The Labute approximate surface area is 165 Å². The highest BCUT2D eigenvalue weighted by Crippen LogP contribution is 2.25. The number of para-hydroxylation sites is 1. The van der Waals surface area contributed by atoms with Gasteiger partial charge in [-0.15, -0.1) is 0 Å². The highest BCUT2D eigenvalue weighted by molar-refractivity contribution is 5.98. The van der Waals surface area contributed by atoms with Gasteiger partial charge in [0.15, 0.2) is 0 Å². The monoisotopic (exact) mass is 384 g/mol. The van der Waals surface area contributed by atoms with E-state index in [1.54, 1.807) is 0 Å². The summed E-state index contributed by atoms with van der Waals surface area (Å²) in [6.45, 7) is 6.42. The van der Waals surface area contributed by atoms with E-state index >= 15 is 0 Å². The van der Waals surface area contributed by atoms with E-state index in [0.717, 1.165) is 23.7 Å². The van der Waals surface area contributed by atoms with Crippen LogP contribution >= 0.6 is 0 Å². The van der Waals surface area contributed by atoms with Gasteiger partial charge >= 0.3 is 6.03 Å². The molecule has 0 atom stereocenters. The third-order valence-electron chi connectivity index (χ3n) is 5.53. The number of H-pyrrole nitrogens is 1. The molecule has 3 amide bonds. The number of urea groups is 1. The number of nitrogens with zero attached hydrogens (tertiary/aromatic N) is 2. The molecule has 1 aromatic carbocycles. The second-order valence-electron chi connectivity index (χ2n) is 7.99. The van der Waals surface area contributed by atoms with Gasteiger partial charge in [0.25, 0.3) is 5.91 Å². The molecular weight excluding hydrogens is 356 g/mol. The molecule has 150 valence electrons. The average Bonchev–Trinajstić information content (AvgIpc) is 3.08. The molecule has 2 N–H and O–H groups in total. The van der Waals surface area contributed by atoms with E-state index < -0.39 is 0 Å². The topological polar surface area (TPSA) is 77.7 Å². The number of hydrogen-bond donors (Lipinski definition) is 2. The lowest BCUT2D eigenvalue weighted by Crippen LogP contribution is -2.66. The van der Waals surface area contributed by atoms with Crippen LogP contribution in [0.1, 0.15) is 37.2 Å². The number of aromatic nitrogens is 1. The Balaban J connectivity index is 1.44. The third-order valence-corrected chi connectivity index (χ3v) is 5.53. The summed E-state index contributed by atoms with van der Waals surface area (Å²) in [4.78, 5) is 32.6. The first-order valence-electron chi connectivity index (χ1n) is 10.1. The van der Waals surface area contributed by atoms with Crippen LogP contribution in [0.2, 0.25) is 0 Å². The van der Waals surface area contributed by atoms with Crippen molar-refractivity contribution >= 4 is 22.8 Å². The van der Waals surface area contributed by atoms with Crippen LogP contribution in [-0.2, 0) is 4.74 Å². The summed E-state index contributed by atoms with van der Waals surface area (Å²) in [5, 5.41) is 4.05. The first-order chi connectivity index (χ1) is 13.5. The van der Waals surface area contributed by atoms with Crippen LogP contribution in [0.4, 0.5) is 4.79 Å². The molecule has 2 aliphatic rings. The summed E-state index contributed by atoms with van der Waals surface area (Å²) >= 11 is 0. The fourth-order valence-corrected chi connectivity index (χ4v) is 4.07. The first kappa shape index (κ1) is 18.8. The molecule has 0 bridgehead atoms. The highest BCUT2D eigenvalue weighted by Gasteiger charge is 2.41. The number of likely N-dealkylation sites (tertiary alicyclic amines) is 1. The maximum atomic E-state index is 12.8. The highest BCUT2D eigenvalue weighted by atomic mass is 16.5. The maximum Gasteiger partial charge on any atom is 0.318 e. The van der Waals surface area contributed by atoms with Crippen molar-refractivity contribution in [2.75, 3.05) is 26.3 Å². The van der Waals surface area contributed by atoms with E-state index in [1.165, 1.54) is 0 Å². The first-order valence-corrected chi connectivity index (χ1v) is 10.1. The molecule has 2 saturated heterocycles. The predicted octanol–water partition coefficient (Wildman–Crippen LogP) is 2.59. The summed E-state index contributed by atoms with van der Waals surface area (Å²) in [5.74, 6) is -0.0105. The molecule has 28 heavy (non-hydrogen) atoms. The molecule has 7 nitrogen and oxygen atoms in total. The standard InChI is InChI=1S/C21H28N4O3/c1-14(2)22-21(27)25(16-7-9-28-10-8-16)17-12-24(13-17)20(26)19-11-15-5-3-4-6-18(15)23-19/h3-6,11,14,16-17,23H,7-10,12-13H2,1-2H3,(H,22,27). The van der Waals surface area contributed by atoms with Crippen molar-refractivity contribution < 1.29 is 14.3 Å². The second-order valence-corrected chi connectivity index (χ2v) is 7.99. The van der Waals surface area contributed by atoms with Gasteiger partial charge in [0.2, 0.25) is 0 Å². The molecule has 0 radical (unpaired) electrons. The molecule has 2 aromatic rings. The normalized spacial score (nSPS) is 18.3. The van der Waals surface area contributed by atoms with Crippen LogP contribution in [0.25, 0.3) is 10.9 Å². The lowest BCUT2D eigenvalue weighted by atomic mass is 10.00. The second kappa shape index (κ2) is 7.83. The Morgan fingerprint density at radius 3 is 2.57 bits per heavy atom. The number of carbonyl (C=O) groups excluding carboxylic acids is 2. The van der Waals surface area contributed by atoms with Gasteiger partial charge < -0.3 is 24.8 Å². The van der Waals surface area contributed by atoms with E-state index in [2.05, 4.69) is 10.3 Å². The van der Waals surface area contributed by atoms with Crippen LogP contribution in [0.5, 0.6) is 0 Å². The molecule has 0 unspecified atom stereocenters. The molecule has 2 fully saturated rings. The van der Waals surface area contributed by atoms with Crippen molar-refractivity contribution in [3.8, 4) is 0 Å². The minimum Gasteiger partial charge on any atom is -0.381 e. The average molecular weight is 384 g/mol. The van der Waals surface area contributed by atoms with Gasteiger partial charge in [-0.2, -0.15) is 0 Å². The van der Waals surface area contributed by atoms with Gasteiger partial charge in [0.1, 0.15) is 5.69 Å². The zero-order valence-corrected chi connectivity index (χ0v) is 16.5. The number of benzene rings is 1. The molecule has 0 saturated carbocycles. The molecule has 0 aliphatic carbocycles. The number of amides is 3. The number of rotatable bonds is 4. The smallest absolute Gasteiger partial charge is 0.318 e. The lowest BCUT2D eigenvalue weighted by Gasteiger charge is -2.48. The Morgan fingerprint density at radius 2 is 1.89 bits per heavy atom. The summed E-state index contributed by atoms with van der Waals surface area (Å²) in [7, 11) is 0. The van der Waals surface area contributed by atoms with Crippen molar-refractivity contribution in [3.05, 3.63) is 36.0 Å². The van der Waals surface area contributed by atoms with Crippen LogP contribution in [0.15, 0.2) is 30.3 Å². The summed E-state index contributed by atoms with van der Waals surface area (Å²) in [5.41, 5.74) is 1.56. The molecule has 2 aliphatic heterocycles. The van der Waals surface area contributed by atoms with E-state index in [-0.39, 0.29) is 30.1 Å². The fraction of sp³-hybridized carbons (Fsp3) is 0.524. The van der Waals surface area contributed by atoms with E-state index in [4.69, 9.17) is 4.74 Å². The SMILES string of the molecule is CC(C)NC(=O)N(C1CCOCC1)C1CN(C(=O)c2cc3ccccc3[nH]2)C1. The van der Waals surface area contributed by atoms with Gasteiger partial charge in [-0.3, -0.25) is 4.79 Å². The van der Waals surface area contributed by atoms with Gasteiger partial charge in [-0.05, 0) is 38.8 Å². The van der Waals surface area contributed by atoms with Crippen LogP contribution in [0.3, 0.4) is 0 Å². The zero-order valence-electron chi connectivity index (χ0n) is 16.5. The molecule has 1 aromatic heterocycles. The molecule has 4 rings (SSSR count). The predicted molar refractivity (Wildman–Crippen MR) is 107 cm³/mol. The molecule has 7 heteroatoms. The van der Waals surface area contributed by atoms with E-state index in [1.807, 2.05) is 54.0 Å². The van der Waals surface area contributed by atoms with E-state index in [0.29, 0.717) is 32.0 Å². The van der Waals surface area contributed by atoms with Gasteiger partial charge in [-0.25, -0.2) is 4.79 Å².